The molecule has 0 N–H and O–H groups in total. The predicted molar refractivity (Wildman–Crippen MR) is 74.0 cm³/mol. The van der Waals surface area contributed by atoms with Crippen LogP contribution in [0.1, 0.15) is 25.8 Å². The Balaban J connectivity index is 2.35. The maximum atomic E-state index is 4.68. The molecule has 0 radical (unpaired) electrons. The highest BCUT2D eigenvalue weighted by Gasteiger charge is 2.18. The summed E-state index contributed by atoms with van der Waals surface area (Å²) in [6, 6.07) is 8.27. The minimum atomic E-state index is 0.137. The molecule has 16 heavy (non-hydrogen) atoms. The largest absolute Gasteiger partial charge is 0.241 e. The van der Waals surface area contributed by atoms with E-state index in [-0.39, 0.29) is 5.41 Å². The number of nitrogens with zero attached hydrogens (tertiary/aromatic N) is 1. The summed E-state index contributed by atoms with van der Waals surface area (Å²) in [5.41, 5.74) is 2.38. The van der Waals surface area contributed by atoms with E-state index >= 15 is 0 Å². The van der Waals surface area contributed by atoms with Crippen molar-refractivity contribution in [3.8, 4) is 11.3 Å². The van der Waals surface area contributed by atoms with Gasteiger partial charge in [0.25, 0.3) is 0 Å². The van der Waals surface area contributed by atoms with Gasteiger partial charge in [0.15, 0.2) is 0 Å². The van der Waals surface area contributed by atoms with Crippen molar-refractivity contribution in [2.75, 3.05) is 0 Å². The van der Waals surface area contributed by atoms with E-state index in [1.54, 1.807) is 11.3 Å². The summed E-state index contributed by atoms with van der Waals surface area (Å²) in [4.78, 5) is 4.68. The second kappa shape index (κ2) is 4.30. The van der Waals surface area contributed by atoms with Crippen LogP contribution in [0.5, 0.6) is 0 Å². The third kappa shape index (κ3) is 2.53. The molecule has 0 aliphatic rings. The fraction of sp³-hybridized carbons (Fsp3) is 0.308. The lowest BCUT2D eigenvalue weighted by Crippen LogP contribution is -2.10. The predicted octanol–water partition coefficient (Wildman–Crippen LogP) is 4.87. The van der Waals surface area contributed by atoms with Gasteiger partial charge in [-0.05, 0) is 12.1 Å². The molecule has 0 saturated heterocycles. The lowest BCUT2D eigenvalue weighted by molar-refractivity contribution is 0.586. The molecule has 0 saturated carbocycles. The van der Waals surface area contributed by atoms with Crippen LogP contribution >= 0.6 is 27.3 Å². The summed E-state index contributed by atoms with van der Waals surface area (Å²) in [6.45, 7) is 6.57. The molecule has 0 bridgehead atoms. The summed E-state index contributed by atoms with van der Waals surface area (Å²) in [7, 11) is 0. The summed E-state index contributed by atoms with van der Waals surface area (Å²) in [5.74, 6) is 0. The Hall–Kier alpha value is -0.670. The van der Waals surface area contributed by atoms with Crippen molar-refractivity contribution in [3.63, 3.8) is 0 Å². The van der Waals surface area contributed by atoms with Crippen LogP contribution in [0.4, 0.5) is 0 Å². The summed E-state index contributed by atoms with van der Waals surface area (Å²) in [5, 5.41) is 3.31. The highest BCUT2D eigenvalue weighted by molar-refractivity contribution is 9.10. The molecule has 0 atom stereocenters. The van der Waals surface area contributed by atoms with Gasteiger partial charge < -0.3 is 0 Å². The molecule has 2 aromatic rings. The molecule has 0 aliphatic heterocycles. The van der Waals surface area contributed by atoms with Crippen LogP contribution in [0.2, 0.25) is 0 Å². The summed E-state index contributed by atoms with van der Waals surface area (Å²) < 4.78 is 1.10. The molecular formula is C13H14BrNS. The molecule has 1 aromatic carbocycles. The zero-order chi connectivity index (χ0) is 11.8. The Morgan fingerprint density at radius 3 is 2.25 bits per heavy atom. The van der Waals surface area contributed by atoms with Gasteiger partial charge in [-0.1, -0.05) is 48.8 Å². The average molecular weight is 296 g/mol. The SMILES string of the molecule is CC(C)(C)c1nc(-c2ccc(Br)cc2)cs1. The Bertz CT molecular complexity index is 479. The maximum Gasteiger partial charge on any atom is 0.0986 e. The van der Waals surface area contributed by atoms with Gasteiger partial charge >= 0.3 is 0 Å². The summed E-state index contributed by atoms with van der Waals surface area (Å²) in [6.07, 6.45) is 0. The Kier molecular flexibility index (Phi) is 3.17. The third-order valence-electron chi connectivity index (χ3n) is 2.29. The van der Waals surface area contributed by atoms with Gasteiger partial charge in [0.05, 0.1) is 10.7 Å². The molecular weight excluding hydrogens is 282 g/mol. The van der Waals surface area contributed by atoms with Gasteiger partial charge in [-0.25, -0.2) is 4.98 Å². The zero-order valence-electron chi connectivity index (χ0n) is 9.62. The number of hydrogen-bond donors (Lipinski definition) is 0. The molecule has 0 unspecified atom stereocenters. The van der Waals surface area contributed by atoms with Crippen LogP contribution in [-0.2, 0) is 5.41 Å². The van der Waals surface area contributed by atoms with Gasteiger partial charge in [0, 0.05) is 20.8 Å². The topological polar surface area (TPSA) is 12.9 Å². The molecule has 0 fully saturated rings. The van der Waals surface area contributed by atoms with Gasteiger partial charge in [-0.15, -0.1) is 11.3 Å². The summed E-state index contributed by atoms with van der Waals surface area (Å²) >= 11 is 5.17. The van der Waals surface area contributed by atoms with E-state index in [9.17, 15) is 0 Å². The fourth-order valence-electron chi connectivity index (χ4n) is 1.37. The molecule has 1 nitrogen and oxygen atoms in total. The van der Waals surface area contributed by atoms with Crippen LogP contribution in [0.15, 0.2) is 34.1 Å². The van der Waals surface area contributed by atoms with Gasteiger partial charge in [-0.2, -0.15) is 0 Å². The average Bonchev–Trinajstić information content (AvgIpc) is 2.67. The van der Waals surface area contributed by atoms with Crippen molar-refractivity contribution < 1.29 is 0 Å². The van der Waals surface area contributed by atoms with Crippen LogP contribution in [-0.4, -0.2) is 4.98 Å². The van der Waals surface area contributed by atoms with Crippen LogP contribution in [0.3, 0.4) is 0 Å². The maximum absolute atomic E-state index is 4.68. The Labute approximate surface area is 109 Å². The number of thiazole rings is 1. The highest BCUT2D eigenvalue weighted by atomic mass is 79.9. The van der Waals surface area contributed by atoms with Crippen molar-refractivity contribution in [2.45, 2.75) is 26.2 Å². The minimum absolute atomic E-state index is 0.137. The minimum Gasteiger partial charge on any atom is -0.241 e. The van der Waals surface area contributed by atoms with E-state index in [1.165, 1.54) is 10.6 Å². The lowest BCUT2D eigenvalue weighted by atomic mass is 9.98. The van der Waals surface area contributed by atoms with Crippen LogP contribution in [0.25, 0.3) is 11.3 Å². The molecule has 0 amide bonds. The van der Waals surface area contributed by atoms with Gasteiger partial charge in [0.2, 0.25) is 0 Å². The number of halogens is 1. The van der Waals surface area contributed by atoms with E-state index in [0.717, 1.165) is 10.2 Å². The van der Waals surface area contributed by atoms with Crippen molar-refractivity contribution in [3.05, 3.63) is 39.1 Å². The molecule has 3 heteroatoms. The van der Waals surface area contributed by atoms with E-state index in [4.69, 9.17) is 0 Å². The van der Waals surface area contributed by atoms with E-state index in [0.29, 0.717) is 0 Å². The van der Waals surface area contributed by atoms with Gasteiger partial charge in [-0.3, -0.25) is 0 Å². The van der Waals surface area contributed by atoms with Crippen molar-refractivity contribution in [1.82, 2.24) is 4.98 Å². The highest BCUT2D eigenvalue weighted by Crippen LogP contribution is 2.30. The smallest absolute Gasteiger partial charge is 0.0986 e. The molecule has 84 valence electrons. The third-order valence-corrected chi connectivity index (χ3v) is 4.08. The lowest BCUT2D eigenvalue weighted by Gasteiger charge is -2.13. The second-order valence-electron chi connectivity index (χ2n) is 4.79. The standard InChI is InChI=1S/C13H14BrNS/c1-13(2,3)12-15-11(8-16-12)9-4-6-10(14)7-5-9/h4-8H,1-3H3. The van der Waals surface area contributed by atoms with E-state index in [2.05, 4.69) is 59.2 Å². The molecule has 0 aliphatic carbocycles. The molecule has 1 heterocycles. The van der Waals surface area contributed by atoms with Crippen molar-refractivity contribution in [1.29, 1.82) is 0 Å². The second-order valence-corrected chi connectivity index (χ2v) is 6.57. The number of hydrogen-bond acceptors (Lipinski definition) is 2. The first kappa shape index (κ1) is 11.8. The zero-order valence-corrected chi connectivity index (χ0v) is 12.0. The van der Waals surface area contributed by atoms with Crippen molar-refractivity contribution >= 4 is 27.3 Å². The van der Waals surface area contributed by atoms with Gasteiger partial charge in [0.1, 0.15) is 0 Å². The van der Waals surface area contributed by atoms with Crippen LogP contribution in [0, 0.1) is 0 Å². The molecule has 0 spiro atoms. The first-order valence-electron chi connectivity index (χ1n) is 5.19. The van der Waals surface area contributed by atoms with E-state index in [1.807, 2.05) is 12.1 Å². The number of aromatic nitrogens is 1. The normalized spacial score (nSPS) is 11.8. The molecule has 2 rings (SSSR count). The number of benzene rings is 1. The molecule has 1 aromatic heterocycles. The monoisotopic (exact) mass is 295 g/mol. The Morgan fingerprint density at radius 2 is 1.75 bits per heavy atom. The Morgan fingerprint density at radius 1 is 1.12 bits per heavy atom. The van der Waals surface area contributed by atoms with Crippen LogP contribution < -0.4 is 0 Å². The quantitative estimate of drug-likeness (QED) is 0.731. The first-order valence-corrected chi connectivity index (χ1v) is 6.86. The number of rotatable bonds is 1. The first-order chi connectivity index (χ1) is 7.47. The van der Waals surface area contributed by atoms with E-state index < -0.39 is 0 Å². The van der Waals surface area contributed by atoms with Crippen molar-refractivity contribution in [2.24, 2.45) is 0 Å². The fourth-order valence-corrected chi connectivity index (χ4v) is 2.55.